The number of halogens is 4. The number of benzene rings is 1. The van der Waals surface area contributed by atoms with Gasteiger partial charge in [-0.05, 0) is 5.02 Å². The van der Waals surface area contributed by atoms with E-state index in [1.165, 1.54) is 16.3 Å². The summed E-state index contributed by atoms with van der Waals surface area (Å²) >= 11 is 21.0. The Morgan fingerprint density at radius 3 is 1.73 bits per heavy atom. The van der Waals surface area contributed by atoms with Gasteiger partial charge < -0.3 is 0 Å². The second kappa shape index (κ2) is 6.68. The van der Waals surface area contributed by atoms with Crippen molar-refractivity contribution in [1.29, 1.82) is 0 Å². The molecule has 0 aliphatic carbocycles. The molecule has 0 spiro atoms. The zero-order chi connectivity index (χ0) is 8.85. The average Bonchev–Trinajstić information content (AvgIpc) is 2.04. The molecular weight excluding hydrogens is 324 g/mol. The summed E-state index contributed by atoms with van der Waals surface area (Å²) in [4.78, 5) is 0. The molecule has 0 N–H and O–H groups in total. The van der Waals surface area contributed by atoms with Crippen LogP contribution in [0.5, 0.6) is 0 Å². The SMILES string of the molecule is Clc1c[c-]cc(Cl)c1Cl.[Zn+][Br]. The summed E-state index contributed by atoms with van der Waals surface area (Å²) in [6.45, 7) is 0. The van der Waals surface area contributed by atoms with Crippen LogP contribution in [0.15, 0.2) is 12.1 Å². The first-order valence-electron chi connectivity index (χ1n) is 2.49. The van der Waals surface area contributed by atoms with Gasteiger partial charge in [0, 0.05) is 0 Å². The summed E-state index contributed by atoms with van der Waals surface area (Å²) in [5.41, 5.74) is 0. The van der Waals surface area contributed by atoms with Gasteiger partial charge in [0.2, 0.25) is 0 Å². The fourth-order valence-corrected chi connectivity index (χ4v) is 0.916. The van der Waals surface area contributed by atoms with Crippen LogP contribution in [-0.2, 0) is 16.3 Å². The minimum absolute atomic E-state index is 0.386. The third-order valence-corrected chi connectivity index (χ3v) is 2.04. The Morgan fingerprint density at radius 1 is 1.09 bits per heavy atom. The Kier molecular flexibility index (Phi) is 7.41. The summed E-state index contributed by atoms with van der Waals surface area (Å²) < 4.78 is 0. The monoisotopic (exact) mass is 322 g/mol. The molecule has 0 aliphatic heterocycles. The van der Waals surface area contributed by atoms with Crippen molar-refractivity contribution in [3.63, 3.8) is 0 Å². The first-order chi connectivity index (χ1) is 5.22. The van der Waals surface area contributed by atoms with E-state index in [1.54, 1.807) is 12.1 Å². The van der Waals surface area contributed by atoms with Gasteiger partial charge >= 0.3 is 30.0 Å². The fourth-order valence-electron chi connectivity index (χ4n) is 0.429. The van der Waals surface area contributed by atoms with E-state index in [-0.39, 0.29) is 0 Å². The van der Waals surface area contributed by atoms with Gasteiger partial charge in [0.1, 0.15) is 0 Å². The quantitative estimate of drug-likeness (QED) is 0.379. The van der Waals surface area contributed by atoms with Crippen LogP contribution < -0.4 is 0 Å². The molecule has 0 heterocycles. The molecule has 0 saturated carbocycles. The van der Waals surface area contributed by atoms with Crippen molar-refractivity contribution >= 4 is 48.4 Å². The predicted molar refractivity (Wildman–Crippen MR) is 49.2 cm³/mol. The normalized spacial score (nSPS) is 8.55. The van der Waals surface area contributed by atoms with Crippen LogP contribution >= 0.6 is 48.4 Å². The van der Waals surface area contributed by atoms with E-state index in [9.17, 15) is 0 Å². The van der Waals surface area contributed by atoms with E-state index in [4.69, 9.17) is 34.8 Å². The van der Waals surface area contributed by atoms with Crippen molar-refractivity contribution in [3.05, 3.63) is 33.3 Å². The second-order valence-corrected chi connectivity index (χ2v) is 2.66. The fraction of sp³-hybridized carbons (Fsp3) is 0. The van der Waals surface area contributed by atoms with Crippen molar-refractivity contribution in [2.45, 2.75) is 0 Å². The zero-order valence-corrected chi connectivity index (χ0v) is 12.2. The van der Waals surface area contributed by atoms with E-state index >= 15 is 0 Å². The van der Waals surface area contributed by atoms with Crippen molar-refractivity contribution in [2.75, 3.05) is 0 Å². The molecule has 11 heavy (non-hydrogen) atoms. The molecule has 56 valence electrons. The molecule has 1 aromatic carbocycles. The first-order valence-corrected chi connectivity index (χ1v) is 10.6. The third kappa shape index (κ3) is 4.10. The van der Waals surface area contributed by atoms with Gasteiger partial charge in [-0.1, -0.05) is 10.0 Å². The van der Waals surface area contributed by atoms with Gasteiger partial charge in [-0.25, -0.2) is 0 Å². The average molecular weight is 326 g/mol. The molecule has 0 bridgehead atoms. The molecule has 0 aliphatic rings. The Morgan fingerprint density at radius 2 is 1.45 bits per heavy atom. The second-order valence-electron chi connectivity index (χ2n) is 1.47. The first kappa shape index (κ1) is 12.2. The van der Waals surface area contributed by atoms with Crippen LogP contribution in [0.25, 0.3) is 0 Å². The van der Waals surface area contributed by atoms with Crippen LogP contribution in [0, 0.1) is 6.07 Å². The number of hydrogen-bond acceptors (Lipinski definition) is 0. The standard InChI is InChI=1S/C6H2Cl3.BrH.Zn/c7-4-2-1-3-5(8)6(4)9;;/h2-3H;1H;/q-1;;+2/p-1. The third-order valence-electron chi connectivity index (χ3n) is 0.839. The van der Waals surface area contributed by atoms with Crippen LogP contribution in [0.1, 0.15) is 0 Å². The topological polar surface area (TPSA) is 0 Å². The molecule has 0 atom stereocenters. The molecule has 1 rings (SSSR count). The molecular formula is C6H2BrCl3Zn. The van der Waals surface area contributed by atoms with Crippen molar-refractivity contribution in [2.24, 2.45) is 0 Å². The van der Waals surface area contributed by atoms with E-state index in [1.807, 2.05) is 0 Å². The summed E-state index contributed by atoms with van der Waals surface area (Å²) in [5, 5.41) is 1.26. The summed E-state index contributed by atoms with van der Waals surface area (Å²) in [6, 6.07) is 5.85. The molecule has 0 fully saturated rings. The van der Waals surface area contributed by atoms with Crippen LogP contribution in [0.4, 0.5) is 0 Å². The van der Waals surface area contributed by atoms with Gasteiger partial charge in [0.25, 0.3) is 0 Å². The van der Waals surface area contributed by atoms with Gasteiger partial charge in [-0.15, -0.1) is 11.6 Å². The molecule has 5 heteroatoms. The van der Waals surface area contributed by atoms with Crippen LogP contribution in [0.2, 0.25) is 15.1 Å². The van der Waals surface area contributed by atoms with Crippen LogP contribution in [-0.4, -0.2) is 0 Å². The predicted octanol–water partition coefficient (Wildman–Crippen LogP) is 4.29. The van der Waals surface area contributed by atoms with Crippen molar-refractivity contribution < 1.29 is 16.3 Å². The number of rotatable bonds is 0. The minimum atomic E-state index is 0.386. The molecule has 1 aromatic rings. The number of hydrogen-bond donors (Lipinski definition) is 0. The molecule has 0 unspecified atom stereocenters. The van der Waals surface area contributed by atoms with Crippen molar-refractivity contribution in [1.82, 2.24) is 0 Å². The van der Waals surface area contributed by atoms with Crippen LogP contribution in [0.3, 0.4) is 0 Å². The van der Waals surface area contributed by atoms with E-state index in [0.717, 1.165) is 0 Å². The van der Waals surface area contributed by atoms with E-state index in [0.29, 0.717) is 15.1 Å². The Labute approximate surface area is 97.2 Å². The maximum absolute atomic E-state index is 5.59. The zero-order valence-electron chi connectivity index (χ0n) is 5.37. The summed E-state index contributed by atoms with van der Waals surface area (Å²) in [5.74, 6) is 0. The molecule has 0 nitrogen and oxygen atoms in total. The Hall–Kier alpha value is 1.19. The summed E-state index contributed by atoms with van der Waals surface area (Å²) in [7, 11) is 0. The van der Waals surface area contributed by atoms with Crippen molar-refractivity contribution in [3.8, 4) is 0 Å². The molecule has 0 saturated heterocycles. The Balaban J connectivity index is 0.000000461. The van der Waals surface area contributed by atoms with Gasteiger partial charge in [-0.2, -0.15) is 41.4 Å². The molecule has 0 amide bonds. The van der Waals surface area contributed by atoms with E-state index in [2.05, 4.69) is 19.7 Å². The molecule has 0 aromatic heterocycles. The van der Waals surface area contributed by atoms with E-state index < -0.39 is 0 Å². The Bertz CT molecular complexity index is 209. The molecule has 0 radical (unpaired) electrons. The van der Waals surface area contributed by atoms with Gasteiger partial charge in [0.15, 0.2) is 0 Å². The summed E-state index contributed by atoms with van der Waals surface area (Å²) in [6.07, 6.45) is 0. The van der Waals surface area contributed by atoms with Gasteiger partial charge in [0.05, 0.1) is 0 Å². The maximum atomic E-state index is 5.59. The van der Waals surface area contributed by atoms with Gasteiger partial charge in [-0.3, -0.25) is 0 Å².